The van der Waals surface area contributed by atoms with Gasteiger partial charge in [0, 0.05) is 18.8 Å². The lowest BCUT2D eigenvalue weighted by atomic mass is 10.2. The third kappa shape index (κ3) is 4.88. The largest absolute Gasteiger partial charge is 0.397 e. The Kier molecular flexibility index (Phi) is 6.95. The fourth-order valence-electron chi connectivity index (χ4n) is 2.32. The maximum Gasteiger partial charge on any atom is 0.241 e. The van der Waals surface area contributed by atoms with Gasteiger partial charge in [-0.15, -0.1) is 0 Å². The Labute approximate surface area is 131 Å². The second-order valence-corrected chi connectivity index (χ2v) is 5.44. The molecule has 1 aromatic rings. The highest BCUT2D eigenvalue weighted by Gasteiger charge is 2.24. The fourth-order valence-corrected chi connectivity index (χ4v) is 2.44. The van der Waals surface area contributed by atoms with Gasteiger partial charge in [0.25, 0.3) is 0 Å². The highest BCUT2D eigenvalue weighted by atomic mass is 35.5. The standard InChI is InChI=1S/C15H24ClN3O2/c1-5-19(10(2)9-21-4)11(3)15(20)18-12-6-7-13(16)14(17)8-12/h6-8,10-11H,5,9,17H2,1-4H3,(H,18,20). The Morgan fingerprint density at radius 1 is 1.48 bits per heavy atom. The number of nitrogens with zero attached hydrogens (tertiary/aromatic N) is 1. The number of nitrogen functional groups attached to an aromatic ring is 1. The summed E-state index contributed by atoms with van der Waals surface area (Å²) in [5.41, 5.74) is 6.83. The first kappa shape index (κ1) is 17.8. The highest BCUT2D eigenvalue weighted by Crippen LogP contribution is 2.22. The number of ether oxygens (including phenoxy) is 1. The van der Waals surface area contributed by atoms with Gasteiger partial charge < -0.3 is 15.8 Å². The molecule has 0 aliphatic carbocycles. The average molecular weight is 314 g/mol. The van der Waals surface area contributed by atoms with Crippen LogP contribution in [0.15, 0.2) is 18.2 Å². The molecule has 21 heavy (non-hydrogen) atoms. The van der Waals surface area contributed by atoms with Crippen LogP contribution in [-0.2, 0) is 9.53 Å². The average Bonchev–Trinajstić information content (AvgIpc) is 2.43. The van der Waals surface area contributed by atoms with Crippen LogP contribution in [0.1, 0.15) is 20.8 Å². The molecular formula is C15H24ClN3O2. The molecule has 0 radical (unpaired) electrons. The number of carbonyl (C=O) groups excluding carboxylic acids is 1. The third-order valence-corrected chi connectivity index (χ3v) is 3.82. The smallest absolute Gasteiger partial charge is 0.241 e. The van der Waals surface area contributed by atoms with E-state index in [1.165, 1.54) is 0 Å². The van der Waals surface area contributed by atoms with Crippen molar-refractivity contribution in [3.63, 3.8) is 0 Å². The van der Waals surface area contributed by atoms with E-state index in [9.17, 15) is 4.79 Å². The second-order valence-electron chi connectivity index (χ2n) is 5.04. The molecule has 0 aliphatic heterocycles. The molecule has 0 saturated heterocycles. The molecule has 0 fully saturated rings. The summed E-state index contributed by atoms with van der Waals surface area (Å²) in [5, 5.41) is 3.34. The Balaban J connectivity index is 2.74. The van der Waals surface area contributed by atoms with Gasteiger partial charge >= 0.3 is 0 Å². The first-order valence-corrected chi connectivity index (χ1v) is 7.39. The van der Waals surface area contributed by atoms with E-state index in [1.807, 2.05) is 20.8 Å². The van der Waals surface area contributed by atoms with E-state index in [-0.39, 0.29) is 18.0 Å². The minimum Gasteiger partial charge on any atom is -0.397 e. The highest BCUT2D eigenvalue weighted by molar-refractivity contribution is 6.33. The van der Waals surface area contributed by atoms with Crippen molar-refractivity contribution in [2.75, 3.05) is 31.3 Å². The molecule has 1 amide bonds. The number of hydrogen-bond donors (Lipinski definition) is 2. The molecule has 0 saturated carbocycles. The lowest BCUT2D eigenvalue weighted by molar-refractivity contribution is -0.121. The molecule has 1 aromatic carbocycles. The molecule has 2 atom stereocenters. The van der Waals surface area contributed by atoms with Gasteiger partial charge in [-0.05, 0) is 38.6 Å². The monoisotopic (exact) mass is 313 g/mol. The molecule has 0 aromatic heterocycles. The fraction of sp³-hybridized carbons (Fsp3) is 0.533. The van der Waals surface area contributed by atoms with E-state index < -0.39 is 0 Å². The first-order chi connectivity index (χ1) is 9.90. The van der Waals surface area contributed by atoms with Gasteiger partial charge in [-0.25, -0.2) is 0 Å². The summed E-state index contributed by atoms with van der Waals surface area (Å²) >= 11 is 5.87. The number of hydrogen-bond acceptors (Lipinski definition) is 4. The van der Waals surface area contributed by atoms with E-state index in [4.69, 9.17) is 22.1 Å². The van der Waals surface area contributed by atoms with Crippen LogP contribution in [0.5, 0.6) is 0 Å². The van der Waals surface area contributed by atoms with Crippen LogP contribution in [0.25, 0.3) is 0 Å². The third-order valence-electron chi connectivity index (χ3n) is 3.48. The summed E-state index contributed by atoms with van der Waals surface area (Å²) in [6, 6.07) is 4.95. The van der Waals surface area contributed by atoms with E-state index >= 15 is 0 Å². The van der Waals surface area contributed by atoms with Crippen molar-refractivity contribution < 1.29 is 9.53 Å². The number of nitrogens with two attached hydrogens (primary N) is 1. The molecule has 0 heterocycles. The van der Waals surface area contributed by atoms with Crippen molar-refractivity contribution >= 4 is 28.9 Å². The van der Waals surface area contributed by atoms with Gasteiger partial charge in [0.1, 0.15) is 0 Å². The zero-order valence-electron chi connectivity index (χ0n) is 13.0. The lowest BCUT2D eigenvalue weighted by Gasteiger charge is -2.32. The van der Waals surface area contributed by atoms with E-state index in [0.29, 0.717) is 23.0 Å². The molecule has 118 valence electrons. The molecule has 3 N–H and O–H groups in total. The number of benzene rings is 1. The van der Waals surface area contributed by atoms with Crippen molar-refractivity contribution in [1.82, 2.24) is 4.90 Å². The molecule has 5 nitrogen and oxygen atoms in total. The van der Waals surface area contributed by atoms with Crippen LogP contribution in [0, 0.1) is 0 Å². The minimum absolute atomic E-state index is 0.0819. The van der Waals surface area contributed by atoms with E-state index in [1.54, 1.807) is 25.3 Å². The quantitative estimate of drug-likeness (QED) is 0.759. The number of rotatable bonds is 7. The number of halogens is 1. The van der Waals surface area contributed by atoms with Crippen LogP contribution in [0.4, 0.5) is 11.4 Å². The lowest BCUT2D eigenvalue weighted by Crippen LogP contribution is -2.48. The molecule has 0 spiro atoms. The van der Waals surface area contributed by atoms with Crippen LogP contribution in [0.2, 0.25) is 5.02 Å². The Hall–Kier alpha value is -1.30. The van der Waals surface area contributed by atoms with Gasteiger partial charge in [-0.2, -0.15) is 0 Å². The summed E-state index contributed by atoms with van der Waals surface area (Å²) < 4.78 is 5.16. The van der Waals surface area contributed by atoms with Gasteiger partial charge in [0.2, 0.25) is 5.91 Å². The van der Waals surface area contributed by atoms with Crippen LogP contribution >= 0.6 is 11.6 Å². The number of carbonyl (C=O) groups is 1. The molecular weight excluding hydrogens is 290 g/mol. The molecule has 1 rings (SSSR count). The molecule has 6 heteroatoms. The van der Waals surface area contributed by atoms with E-state index in [0.717, 1.165) is 6.54 Å². The van der Waals surface area contributed by atoms with Crippen LogP contribution in [0.3, 0.4) is 0 Å². The first-order valence-electron chi connectivity index (χ1n) is 7.01. The summed E-state index contributed by atoms with van der Waals surface area (Å²) in [5.74, 6) is -0.0819. The predicted molar refractivity (Wildman–Crippen MR) is 87.7 cm³/mol. The van der Waals surface area contributed by atoms with Crippen molar-refractivity contribution in [2.45, 2.75) is 32.9 Å². The summed E-state index contributed by atoms with van der Waals surface area (Å²) in [6.45, 7) is 7.29. The number of nitrogens with one attached hydrogen (secondary N) is 1. The Morgan fingerprint density at radius 2 is 2.14 bits per heavy atom. The minimum atomic E-state index is -0.267. The molecule has 2 unspecified atom stereocenters. The summed E-state index contributed by atoms with van der Waals surface area (Å²) in [6.07, 6.45) is 0. The topological polar surface area (TPSA) is 67.6 Å². The number of anilines is 2. The van der Waals surface area contributed by atoms with Crippen molar-refractivity contribution in [1.29, 1.82) is 0 Å². The van der Waals surface area contributed by atoms with Gasteiger partial charge in [-0.3, -0.25) is 9.69 Å². The molecule has 0 bridgehead atoms. The van der Waals surface area contributed by atoms with Gasteiger partial charge in [-0.1, -0.05) is 18.5 Å². The van der Waals surface area contributed by atoms with Crippen molar-refractivity contribution in [3.05, 3.63) is 23.2 Å². The maximum atomic E-state index is 12.4. The maximum absolute atomic E-state index is 12.4. The number of likely N-dealkylation sites (N-methyl/N-ethyl adjacent to an activating group) is 1. The number of methoxy groups -OCH3 is 1. The van der Waals surface area contributed by atoms with Gasteiger partial charge in [0.15, 0.2) is 0 Å². The Bertz CT molecular complexity index is 482. The summed E-state index contributed by atoms with van der Waals surface area (Å²) in [7, 11) is 1.66. The normalized spacial score (nSPS) is 14.0. The van der Waals surface area contributed by atoms with E-state index in [2.05, 4.69) is 10.2 Å². The van der Waals surface area contributed by atoms with Crippen molar-refractivity contribution in [3.8, 4) is 0 Å². The SMILES string of the molecule is CCN(C(C)COC)C(C)C(=O)Nc1ccc(Cl)c(N)c1. The zero-order chi connectivity index (χ0) is 16.0. The van der Waals surface area contributed by atoms with Crippen LogP contribution < -0.4 is 11.1 Å². The van der Waals surface area contributed by atoms with Crippen molar-refractivity contribution in [2.24, 2.45) is 0 Å². The van der Waals surface area contributed by atoms with Crippen LogP contribution in [-0.4, -0.2) is 43.2 Å². The zero-order valence-corrected chi connectivity index (χ0v) is 13.8. The Morgan fingerprint density at radius 3 is 2.67 bits per heavy atom. The van der Waals surface area contributed by atoms with Gasteiger partial charge in [0.05, 0.1) is 23.4 Å². The second kappa shape index (κ2) is 8.22. The molecule has 0 aliphatic rings. The summed E-state index contributed by atoms with van der Waals surface area (Å²) in [4.78, 5) is 14.4. The number of amides is 1. The predicted octanol–water partition coefficient (Wildman–Crippen LogP) is 2.61.